The minimum Gasteiger partial charge on any atom is -0.351 e. The summed E-state index contributed by atoms with van der Waals surface area (Å²) in [5.74, 6) is 0.488. The molecular weight excluding hydrogens is 288 g/mol. The summed E-state index contributed by atoms with van der Waals surface area (Å²) in [6.07, 6.45) is 3.17. The van der Waals surface area contributed by atoms with Gasteiger partial charge in [0.05, 0.1) is 17.8 Å². The van der Waals surface area contributed by atoms with Crippen LogP contribution in [-0.2, 0) is 9.59 Å². The van der Waals surface area contributed by atoms with Crippen molar-refractivity contribution in [3.63, 3.8) is 0 Å². The Hall–Kier alpha value is -1.50. The van der Waals surface area contributed by atoms with E-state index in [0.29, 0.717) is 25.0 Å². The predicted molar refractivity (Wildman–Crippen MR) is 83.1 cm³/mol. The largest absolute Gasteiger partial charge is 0.351 e. The third-order valence-electron chi connectivity index (χ3n) is 3.60. The van der Waals surface area contributed by atoms with E-state index in [9.17, 15) is 9.59 Å². The van der Waals surface area contributed by atoms with Crippen molar-refractivity contribution < 1.29 is 9.59 Å². The van der Waals surface area contributed by atoms with Crippen molar-refractivity contribution >= 4 is 24.4 Å². The molecule has 0 aliphatic carbocycles. The first-order valence-electron chi connectivity index (χ1n) is 7.26. The molecule has 2 atom stereocenters. The SMILES string of the molecule is CC(C)n1nccc1C1NC(=O)CCC1NC(=O)CCS. The molecule has 2 rings (SSSR count). The van der Waals surface area contributed by atoms with Gasteiger partial charge in [-0.2, -0.15) is 17.7 Å². The number of nitrogens with one attached hydrogen (secondary N) is 2. The quantitative estimate of drug-likeness (QED) is 0.716. The summed E-state index contributed by atoms with van der Waals surface area (Å²) in [5, 5.41) is 10.3. The molecule has 0 radical (unpaired) electrons. The van der Waals surface area contributed by atoms with Gasteiger partial charge in [-0.3, -0.25) is 14.3 Å². The molecule has 1 aliphatic heterocycles. The van der Waals surface area contributed by atoms with Gasteiger partial charge in [0.2, 0.25) is 11.8 Å². The first kappa shape index (κ1) is 15.9. The van der Waals surface area contributed by atoms with E-state index in [1.54, 1.807) is 6.20 Å². The molecule has 116 valence electrons. The standard InChI is InChI=1S/C14H22N4O2S/c1-9(2)18-11(5-7-15-18)14-10(3-4-12(19)17-14)16-13(20)6-8-21/h5,7,9-10,14,21H,3-4,6,8H2,1-2H3,(H,16,20)(H,17,19). The van der Waals surface area contributed by atoms with Gasteiger partial charge in [-0.15, -0.1) is 0 Å². The predicted octanol–water partition coefficient (Wildman–Crippen LogP) is 1.22. The van der Waals surface area contributed by atoms with Crippen molar-refractivity contribution in [2.75, 3.05) is 5.75 Å². The molecule has 2 amide bonds. The van der Waals surface area contributed by atoms with Gasteiger partial charge < -0.3 is 10.6 Å². The second-order valence-electron chi connectivity index (χ2n) is 5.53. The van der Waals surface area contributed by atoms with Crippen molar-refractivity contribution in [1.29, 1.82) is 0 Å². The Morgan fingerprint density at radius 2 is 2.38 bits per heavy atom. The van der Waals surface area contributed by atoms with Crippen molar-refractivity contribution in [3.8, 4) is 0 Å². The first-order chi connectivity index (χ1) is 10.0. The Labute approximate surface area is 130 Å². The van der Waals surface area contributed by atoms with E-state index in [-0.39, 0.29) is 29.9 Å². The molecule has 0 aromatic carbocycles. The Morgan fingerprint density at radius 3 is 3.05 bits per heavy atom. The highest BCUT2D eigenvalue weighted by Gasteiger charge is 2.33. The number of amides is 2. The van der Waals surface area contributed by atoms with Crippen molar-refractivity contribution in [2.24, 2.45) is 0 Å². The number of nitrogens with zero attached hydrogens (tertiary/aromatic N) is 2. The molecule has 1 aromatic rings. The summed E-state index contributed by atoms with van der Waals surface area (Å²) in [6, 6.07) is 1.75. The third-order valence-corrected chi connectivity index (χ3v) is 3.82. The Kier molecular flexibility index (Phi) is 5.27. The number of aromatic nitrogens is 2. The fraction of sp³-hybridized carbons (Fsp3) is 0.643. The number of carbonyl (C=O) groups excluding carboxylic acids is 2. The van der Waals surface area contributed by atoms with Crippen molar-refractivity contribution in [1.82, 2.24) is 20.4 Å². The van der Waals surface area contributed by atoms with Crippen LogP contribution in [0.1, 0.15) is 50.9 Å². The lowest BCUT2D eigenvalue weighted by Gasteiger charge is -2.33. The molecule has 1 fully saturated rings. The normalized spacial score (nSPS) is 22.2. The van der Waals surface area contributed by atoms with Crippen LogP contribution in [0.4, 0.5) is 0 Å². The van der Waals surface area contributed by atoms with Gasteiger partial charge in [0.1, 0.15) is 0 Å². The molecule has 2 unspecified atom stereocenters. The van der Waals surface area contributed by atoms with Crippen LogP contribution in [0.15, 0.2) is 12.3 Å². The maximum Gasteiger partial charge on any atom is 0.221 e. The van der Waals surface area contributed by atoms with Crippen LogP contribution in [0, 0.1) is 0 Å². The lowest BCUT2D eigenvalue weighted by molar-refractivity contribution is -0.127. The molecular formula is C14H22N4O2S. The minimum absolute atomic E-state index is 0.0104. The third kappa shape index (κ3) is 3.78. The zero-order valence-electron chi connectivity index (χ0n) is 12.4. The summed E-state index contributed by atoms with van der Waals surface area (Å²) in [4.78, 5) is 23.6. The van der Waals surface area contributed by atoms with E-state index >= 15 is 0 Å². The fourth-order valence-electron chi connectivity index (χ4n) is 2.62. The fourth-order valence-corrected chi connectivity index (χ4v) is 2.82. The number of hydrogen-bond acceptors (Lipinski definition) is 4. The summed E-state index contributed by atoms with van der Waals surface area (Å²) >= 11 is 4.07. The lowest BCUT2D eigenvalue weighted by Crippen LogP contribution is -2.50. The summed E-state index contributed by atoms with van der Waals surface area (Å²) < 4.78 is 1.88. The Balaban J connectivity index is 2.20. The zero-order chi connectivity index (χ0) is 15.4. The van der Waals surface area contributed by atoms with Gasteiger partial charge in [-0.05, 0) is 32.1 Å². The van der Waals surface area contributed by atoms with E-state index in [1.807, 2.05) is 24.6 Å². The number of hydrogen-bond donors (Lipinski definition) is 3. The van der Waals surface area contributed by atoms with Crippen molar-refractivity contribution in [3.05, 3.63) is 18.0 Å². The van der Waals surface area contributed by atoms with Gasteiger partial charge in [-0.25, -0.2) is 0 Å². The maximum absolute atomic E-state index is 11.8. The van der Waals surface area contributed by atoms with Gasteiger partial charge in [-0.1, -0.05) is 0 Å². The van der Waals surface area contributed by atoms with E-state index < -0.39 is 0 Å². The minimum atomic E-state index is -0.236. The number of thiol groups is 1. The molecule has 2 N–H and O–H groups in total. The van der Waals surface area contributed by atoms with Crippen LogP contribution in [0.25, 0.3) is 0 Å². The van der Waals surface area contributed by atoms with Gasteiger partial charge in [0.15, 0.2) is 0 Å². The Bertz CT molecular complexity index is 515. The molecule has 0 bridgehead atoms. The van der Waals surface area contributed by atoms with Gasteiger partial charge >= 0.3 is 0 Å². The van der Waals surface area contributed by atoms with Crippen LogP contribution >= 0.6 is 12.6 Å². The smallest absolute Gasteiger partial charge is 0.221 e. The highest BCUT2D eigenvalue weighted by molar-refractivity contribution is 7.80. The second kappa shape index (κ2) is 6.98. The van der Waals surface area contributed by atoms with Crippen LogP contribution in [0.2, 0.25) is 0 Å². The highest BCUT2D eigenvalue weighted by atomic mass is 32.1. The molecule has 6 nitrogen and oxygen atoms in total. The molecule has 2 heterocycles. The van der Waals surface area contributed by atoms with E-state index in [4.69, 9.17) is 0 Å². The number of rotatable bonds is 5. The average molecular weight is 310 g/mol. The van der Waals surface area contributed by atoms with Gasteiger partial charge in [0, 0.05) is 25.1 Å². The van der Waals surface area contributed by atoms with Crippen LogP contribution in [0.3, 0.4) is 0 Å². The second-order valence-corrected chi connectivity index (χ2v) is 5.97. The first-order valence-corrected chi connectivity index (χ1v) is 7.89. The highest BCUT2D eigenvalue weighted by Crippen LogP contribution is 2.26. The van der Waals surface area contributed by atoms with Crippen LogP contribution < -0.4 is 10.6 Å². The molecule has 1 saturated heterocycles. The Morgan fingerprint density at radius 1 is 1.62 bits per heavy atom. The van der Waals surface area contributed by atoms with Crippen molar-refractivity contribution in [2.45, 2.75) is 51.2 Å². The summed E-state index contributed by atoms with van der Waals surface area (Å²) in [6.45, 7) is 4.07. The van der Waals surface area contributed by atoms with Crippen LogP contribution in [-0.4, -0.2) is 33.4 Å². The van der Waals surface area contributed by atoms with Crippen LogP contribution in [0.5, 0.6) is 0 Å². The molecule has 1 aromatic heterocycles. The van der Waals surface area contributed by atoms with E-state index in [2.05, 4.69) is 28.4 Å². The van der Waals surface area contributed by atoms with E-state index in [1.165, 1.54) is 0 Å². The van der Waals surface area contributed by atoms with E-state index in [0.717, 1.165) is 5.69 Å². The maximum atomic E-state index is 11.8. The summed E-state index contributed by atoms with van der Waals surface area (Å²) in [7, 11) is 0. The number of carbonyl (C=O) groups is 2. The zero-order valence-corrected chi connectivity index (χ0v) is 13.3. The van der Waals surface area contributed by atoms with Gasteiger partial charge in [0.25, 0.3) is 0 Å². The lowest BCUT2D eigenvalue weighted by atomic mass is 9.95. The topological polar surface area (TPSA) is 76.0 Å². The number of piperidine rings is 1. The average Bonchev–Trinajstić information content (AvgIpc) is 2.90. The molecule has 21 heavy (non-hydrogen) atoms. The monoisotopic (exact) mass is 310 g/mol. The molecule has 0 spiro atoms. The summed E-state index contributed by atoms with van der Waals surface area (Å²) in [5.41, 5.74) is 0.925. The molecule has 7 heteroatoms. The molecule has 1 aliphatic rings. The molecule has 0 saturated carbocycles.